The van der Waals surface area contributed by atoms with Crippen LogP contribution in [-0.2, 0) is 13.0 Å². The van der Waals surface area contributed by atoms with Gasteiger partial charge < -0.3 is 4.74 Å². The number of nitrogens with zero attached hydrogens (tertiary/aromatic N) is 2. The van der Waals surface area contributed by atoms with Crippen molar-refractivity contribution in [3.05, 3.63) is 82.1 Å². The Bertz CT molecular complexity index is 908. The molecular weight excluding hydrogens is 320 g/mol. The number of benzene rings is 2. The minimum Gasteiger partial charge on any atom is -0.438 e. The molecule has 1 aliphatic heterocycles. The Labute approximate surface area is 144 Å². The maximum absolute atomic E-state index is 12.9. The van der Waals surface area contributed by atoms with E-state index in [1.165, 1.54) is 0 Å². The number of para-hydroxylation sites is 1. The Morgan fingerprint density at radius 2 is 1.75 bits per heavy atom. The van der Waals surface area contributed by atoms with Gasteiger partial charge in [0.2, 0.25) is 5.88 Å². The molecule has 24 heavy (non-hydrogen) atoms. The van der Waals surface area contributed by atoms with E-state index < -0.39 is 0 Å². The molecule has 2 heterocycles. The minimum absolute atomic E-state index is 0.000200. The highest BCUT2D eigenvalue weighted by Crippen LogP contribution is 2.29. The van der Waals surface area contributed by atoms with Crippen LogP contribution in [0.1, 0.15) is 11.1 Å². The molecule has 3 aromatic rings. The number of hydrogen-bond donors (Lipinski definition) is 0. The Balaban J connectivity index is 1.79. The Morgan fingerprint density at radius 3 is 2.50 bits per heavy atom. The molecule has 120 valence electrons. The maximum Gasteiger partial charge on any atom is 0.261 e. The van der Waals surface area contributed by atoms with Gasteiger partial charge in [0.1, 0.15) is 5.75 Å². The van der Waals surface area contributed by atoms with Crippen molar-refractivity contribution in [2.24, 2.45) is 0 Å². The topological polar surface area (TPSA) is 44.1 Å². The van der Waals surface area contributed by atoms with Crippen molar-refractivity contribution in [3.8, 4) is 11.6 Å². The van der Waals surface area contributed by atoms with Crippen molar-refractivity contribution in [1.29, 1.82) is 0 Å². The Hall–Kier alpha value is -2.53. The fourth-order valence-electron chi connectivity index (χ4n) is 2.73. The number of rotatable bonds is 4. The van der Waals surface area contributed by atoms with Crippen LogP contribution in [0.5, 0.6) is 11.6 Å². The average Bonchev–Trinajstić information content (AvgIpc) is 3.09. The molecule has 0 amide bonds. The van der Waals surface area contributed by atoms with Crippen molar-refractivity contribution in [2.75, 3.05) is 5.75 Å². The highest BCUT2D eigenvalue weighted by Gasteiger charge is 2.22. The van der Waals surface area contributed by atoms with Crippen molar-refractivity contribution in [1.82, 2.24) is 9.55 Å². The first-order valence-electron chi connectivity index (χ1n) is 7.84. The summed E-state index contributed by atoms with van der Waals surface area (Å²) in [5.74, 6) is 1.98. The van der Waals surface area contributed by atoms with Gasteiger partial charge in [-0.25, -0.2) is 0 Å². The third kappa shape index (κ3) is 2.95. The van der Waals surface area contributed by atoms with Gasteiger partial charge in [-0.15, -0.1) is 0 Å². The molecule has 0 atom stereocenters. The van der Waals surface area contributed by atoms with E-state index >= 15 is 0 Å². The lowest BCUT2D eigenvalue weighted by Gasteiger charge is -2.12. The normalized spacial score (nSPS) is 12.8. The van der Waals surface area contributed by atoms with E-state index in [2.05, 4.69) is 4.98 Å². The first kappa shape index (κ1) is 15.0. The zero-order valence-electron chi connectivity index (χ0n) is 13.0. The summed E-state index contributed by atoms with van der Waals surface area (Å²) in [4.78, 5) is 17.5. The lowest BCUT2D eigenvalue weighted by atomic mass is 10.1. The van der Waals surface area contributed by atoms with Crippen LogP contribution in [-0.4, -0.2) is 15.3 Å². The molecule has 4 rings (SSSR count). The second kappa shape index (κ2) is 6.53. The average molecular weight is 336 g/mol. The summed E-state index contributed by atoms with van der Waals surface area (Å²) in [5, 5.41) is 0.739. The molecule has 0 saturated carbocycles. The van der Waals surface area contributed by atoms with E-state index in [0.29, 0.717) is 30.2 Å². The van der Waals surface area contributed by atoms with Gasteiger partial charge in [-0.05, 0) is 17.7 Å². The summed E-state index contributed by atoms with van der Waals surface area (Å²) in [5.41, 5.74) is 1.68. The summed E-state index contributed by atoms with van der Waals surface area (Å²) in [6, 6.07) is 19.4. The molecule has 0 spiro atoms. The molecule has 2 aromatic carbocycles. The quantitative estimate of drug-likeness (QED) is 0.681. The second-order valence-electron chi connectivity index (χ2n) is 5.56. The number of ether oxygens (including phenoxy) is 1. The lowest BCUT2D eigenvalue weighted by molar-refractivity contribution is 0.439. The first-order valence-corrected chi connectivity index (χ1v) is 8.83. The van der Waals surface area contributed by atoms with Gasteiger partial charge in [0.25, 0.3) is 5.56 Å². The summed E-state index contributed by atoms with van der Waals surface area (Å²) in [7, 11) is 0. The van der Waals surface area contributed by atoms with Crippen LogP contribution in [0.2, 0.25) is 0 Å². The molecule has 0 N–H and O–H groups in total. The minimum atomic E-state index is -0.000200. The summed E-state index contributed by atoms with van der Waals surface area (Å²) in [6.45, 7) is 0.708. The maximum atomic E-state index is 12.9. The van der Waals surface area contributed by atoms with Crippen molar-refractivity contribution in [2.45, 2.75) is 18.1 Å². The van der Waals surface area contributed by atoms with Gasteiger partial charge in [-0.2, -0.15) is 4.98 Å². The summed E-state index contributed by atoms with van der Waals surface area (Å²) in [6.07, 6.45) is 0.514. The van der Waals surface area contributed by atoms with Crippen LogP contribution in [0.4, 0.5) is 0 Å². The van der Waals surface area contributed by atoms with Gasteiger partial charge in [0, 0.05) is 18.7 Å². The lowest BCUT2D eigenvalue weighted by Crippen LogP contribution is -2.25. The van der Waals surface area contributed by atoms with E-state index in [0.717, 1.165) is 16.5 Å². The Morgan fingerprint density at radius 1 is 1.04 bits per heavy atom. The molecule has 1 aliphatic rings. The van der Waals surface area contributed by atoms with E-state index in [9.17, 15) is 4.79 Å². The highest BCUT2D eigenvalue weighted by atomic mass is 32.2. The van der Waals surface area contributed by atoms with Crippen molar-refractivity contribution < 1.29 is 4.74 Å². The summed E-state index contributed by atoms with van der Waals surface area (Å²) >= 11 is 1.59. The van der Waals surface area contributed by atoms with Gasteiger partial charge >= 0.3 is 0 Å². The second-order valence-corrected chi connectivity index (χ2v) is 6.62. The third-order valence-electron chi connectivity index (χ3n) is 3.92. The van der Waals surface area contributed by atoms with E-state index in [1.807, 2.05) is 60.7 Å². The molecule has 0 saturated heterocycles. The third-order valence-corrected chi connectivity index (χ3v) is 4.87. The van der Waals surface area contributed by atoms with Gasteiger partial charge in [0.05, 0.1) is 5.56 Å². The smallest absolute Gasteiger partial charge is 0.261 e. The predicted octanol–water partition coefficient (Wildman–Crippen LogP) is 3.73. The van der Waals surface area contributed by atoms with Crippen molar-refractivity contribution in [3.63, 3.8) is 0 Å². The molecule has 1 aromatic heterocycles. The standard InChI is InChI=1S/C19H16N2O2S/c22-18-16(13-14-7-3-1-4-8-14)17(20-19-21(18)11-12-24-19)23-15-9-5-2-6-10-15/h1-10H,11-13H2. The van der Waals surface area contributed by atoms with E-state index in [1.54, 1.807) is 16.3 Å². The fraction of sp³-hybridized carbons (Fsp3) is 0.158. The fourth-order valence-corrected chi connectivity index (χ4v) is 3.66. The number of hydrogen-bond acceptors (Lipinski definition) is 4. The molecule has 0 bridgehead atoms. The largest absolute Gasteiger partial charge is 0.438 e. The monoisotopic (exact) mass is 336 g/mol. The van der Waals surface area contributed by atoms with E-state index in [-0.39, 0.29) is 5.56 Å². The number of thioether (sulfide) groups is 1. The van der Waals surface area contributed by atoms with Crippen LogP contribution in [0.15, 0.2) is 70.6 Å². The zero-order chi connectivity index (χ0) is 16.4. The summed E-state index contributed by atoms with van der Waals surface area (Å²) < 4.78 is 7.70. The van der Waals surface area contributed by atoms with Crippen molar-refractivity contribution >= 4 is 11.8 Å². The van der Waals surface area contributed by atoms with Crippen LogP contribution in [0.25, 0.3) is 0 Å². The van der Waals surface area contributed by atoms with Gasteiger partial charge in [0.15, 0.2) is 5.16 Å². The molecule has 4 nitrogen and oxygen atoms in total. The first-order chi connectivity index (χ1) is 11.8. The predicted molar refractivity (Wildman–Crippen MR) is 95.0 cm³/mol. The van der Waals surface area contributed by atoms with Gasteiger partial charge in [-0.3, -0.25) is 9.36 Å². The van der Waals surface area contributed by atoms with Gasteiger partial charge in [-0.1, -0.05) is 60.3 Å². The number of aromatic nitrogens is 2. The molecule has 0 fully saturated rings. The molecule has 0 unspecified atom stereocenters. The molecular formula is C19H16N2O2S. The van der Waals surface area contributed by atoms with Crippen LogP contribution in [0, 0.1) is 0 Å². The molecule has 0 radical (unpaired) electrons. The molecule has 0 aliphatic carbocycles. The van der Waals surface area contributed by atoms with E-state index in [4.69, 9.17) is 4.74 Å². The zero-order valence-corrected chi connectivity index (χ0v) is 13.8. The highest BCUT2D eigenvalue weighted by molar-refractivity contribution is 7.99. The SMILES string of the molecule is O=c1c(Cc2ccccc2)c(Oc2ccccc2)nc2n1CCS2. The number of fused-ring (bicyclic) bond motifs is 1. The molecule has 5 heteroatoms. The Kier molecular flexibility index (Phi) is 4.09. The van der Waals surface area contributed by atoms with Crippen LogP contribution >= 0.6 is 11.8 Å². The van der Waals surface area contributed by atoms with Crippen LogP contribution in [0.3, 0.4) is 0 Å². The van der Waals surface area contributed by atoms with Crippen LogP contribution < -0.4 is 10.3 Å².